The number of carbonyl (C=O) groups is 1. The Morgan fingerprint density at radius 1 is 1.33 bits per heavy atom. The zero-order valence-electron chi connectivity index (χ0n) is 14.6. The Kier molecular flexibility index (Phi) is 4.83. The van der Waals surface area contributed by atoms with Gasteiger partial charge in [0.05, 0.1) is 18.0 Å². The maximum absolute atomic E-state index is 12.5. The van der Waals surface area contributed by atoms with Crippen molar-refractivity contribution in [3.05, 3.63) is 40.8 Å². The molecule has 0 atom stereocenters. The van der Waals surface area contributed by atoms with Crippen LogP contribution in [-0.4, -0.2) is 38.7 Å². The fourth-order valence-corrected chi connectivity index (χ4v) is 3.10. The number of rotatable bonds is 5. The van der Waals surface area contributed by atoms with Gasteiger partial charge in [0.1, 0.15) is 0 Å². The molecule has 1 amide bonds. The van der Waals surface area contributed by atoms with Gasteiger partial charge in [0.2, 0.25) is 11.8 Å². The number of aromatic nitrogens is 3. The molecular formula is C18H24N4O2. The third-order valence-corrected chi connectivity index (χ3v) is 4.31. The normalized spacial score (nSPS) is 13.7. The highest BCUT2D eigenvalue weighted by molar-refractivity contribution is 5.76. The first-order valence-corrected chi connectivity index (χ1v) is 8.47. The number of pyridine rings is 1. The lowest BCUT2D eigenvalue weighted by Gasteiger charge is -2.28. The molecule has 1 aliphatic rings. The lowest BCUT2D eigenvalue weighted by molar-refractivity contribution is -0.132. The molecule has 0 saturated carbocycles. The lowest BCUT2D eigenvalue weighted by atomic mass is 10.1. The topological polar surface area (TPSA) is 60.2 Å². The first kappa shape index (κ1) is 16.5. The van der Waals surface area contributed by atoms with Crippen LogP contribution in [0.25, 0.3) is 0 Å². The highest BCUT2D eigenvalue weighted by Crippen LogP contribution is 2.21. The van der Waals surface area contributed by atoms with Gasteiger partial charge in [-0.25, -0.2) is 4.98 Å². The molecule has 2 aromatic rings. The van der Waals surface area contributed by atoms with E-state index in [2.05, 4.69) is 10.1 Å². The summed E-state index contributed by atoms with van der Waals surface area (Å²) in [4.78, 5) is 19.0. The second kappa shape index (κ2) is 7.03. The third-order valence-electron chi connectivity index (χ3n) is 4.31. The van der Waals surface area contributed by atoms with Crippen molar-refractivity contribution in [2.75, 3.05) is 13.2 Å². The van der Waals surface area contributed by atoms with Crippen LogP contribution in [0.15, 0.2) is 18.2 Å². The van der Waals surface area contributed by atoms with E-state index in [0.29, 0.717) is 38.5 Å². The summed E-state index contributed by atoms with van der Waals surface area (Å²) in [5, 5.41) is 4.41. The molecule has 24 heavy (non-hydrogen) atoms. The zero-order chi connectivity index (χ0) is 17.1. The van der Waals surface area contributed by atoms with Crippen molar-refractivity contribution in [3.63, 3.8) is 0 Å². The van der Waals surface area contributed by atoms with E-state index in [1.54, 1.807) is 0 Å². The monoisotopic (exact) mass is 328 g/mol. The zero-order valence-corrected chi connectivity index (χ0v) is 14.6. The Hall–Kier alpha value is -2.37. The molecule has 0 fully saturated rings. The van der Waals surface area contributed by atoms with Gasteiger partial charge in [-0.15, -0.1) is 0 Å². The fourth-order valence-electron chi connectivity index (χ4n) is 3.10. The second-order valence-corrected chi connectivity index (χ2v) is 6.15. The predicted molar refractivity (Wildman–Crippen MR) is 90.8 cm³/mol. The van der Waals surface area contributed by atoms with Crippen molar-refractivity contribution in [2.24, 2.45) is 0 Å². The molecule has 0 aromatic carbocycles. The molecule has 0 saturated heterocycles. The van der Waals surface area contributed by atoms with Gasteiger partial charge in [0.15, 0.2) is 0 Å². The molecule has 0 radical (unpaired) electrons. The smallest absolute Gasteiger partial charge is 0.224 e. The SMILES string of the molecule is CCOc1ccc2c(n1)CCN(C(=O)CCn1nc(C)cc1C)C2. The van der Waals surface area contributed by atoms with Gasteiger partial charge in [-0.2, -0.15) is 5.10 Å². The minimum atomic E-state index is 0.169. The Morgan fingerprint density at radius 2 is 2.17 bits per heavy atom. The maximum Gasteiger partial charge on any atom is 0.224 e. The molecule has 0 unspecified atom stereocenters. The summed E-state index contributed by atoms with van der Waals surface area (Å²) in [7, 11) is 0. The van der Waals surface area contributed by atoms with Gasteiger partial charge in [-0.1, -0.05) is 6.07 Å². The summed E-state index contributed by atoms with van der Waals surface area (Å²) < 4.78 is 7.35. The van der Waals surface area contributed by atoms with Crippen LogP contribution in [0.1, 0.15) is 36.0 Å². The van der Waals surface area contributed by atoms with Crippen molar-refractivity contribution in [1.82, 2.24) is 19.7 Å². The van der Waals surface area contributed by atoms with E-state index in [4.69, 9.17) is 4.74 Å². The van der Waals surface area contributed by atoms with Gasteiger partial charge in [-0.3, -0.25) is 9.48 Å². The summed E-state index contributed by atoms with van der Waals surface area (Å²) >= 11 is 0. The molecule has 128 valence electrons. The number of carbonyl (C=O) groups excluding carboxylic acids is 1. The Morgan fingerprint density at radius 3 is 2.88 bits per heavy atom. The molecule has 2 aromatic heterocycles. The maximum atomic E-state index is 12.5. The number of ether oxygens (including phenoxy) is 1. The number of amides is 1. The van der Waals surface area contributed by atoms with Crippen LogP contribution in [0.2, 0.25) is 0 Å². The van der Waals surface area contributed by atoms with Gasteiger partial charge in [-0.05, 0) is 32.4 Å². The van der Waals surface area contributed by atoms with E-state index in [-0.39, 0.29) is 5.91 Å². The molecule has 0 bridgehead atoms. The van der Waals surface area contributed by atoms with Gasteiger partial charge >= 0.3 is 0 Å². The number of aryl methyl sites for hydroxylation is 3. The summed E-state index contributed by atoms with van der Waals surface area (Å²) in [6.45, 7) is 8.52. The molecule has 0 aliphatic carbocycles. The summed E-state index contributed by atoms with van der Waals surface area (Å²) in [5.41, 5.74) is 4.24. The average Bonchev–Trinajstić information content (AvgIpc) is 2.90. The van der Waals surface area contributed by atoms with Gasteiger partial charge in [0, 0.05) is 44.2 Å². The Labute approximate surface area is 142 Å². The summed E-state index contributed by atoms with van der Waals surface area (Å²) in [6, 6.07) is 5.93. The minimum Gasteiger partial charge on any atom is -0.478 e. The van der Waals surface area contributed by atoms with Gasteiger partial charge < -0.3 is 9.64 Å². The van der Waals surface area contributed by atoms with Crippen LogP contribution in [0.5, 0.6) is 5.88 Å². The van der Waals surface area contributed by atoms with Crippen LogP contribution in [0.4, 0.5) is 0 Å². The Balaban J connectivity index is 1.60. The van der Waals surface area contributed by atoms with Crippen molar-refractivity contribution in [3.8, 4) is 5.88 Å². The van der Waals surface area contributed by atoms with Crippen molar-refractivity contribution in [2.45, 2.75) is 46.7 Å². The van der Waals surface area contributed by atoms with E-state index in [1.165, 1.54) is 0 Å². The first-order valence-electron chi connectivity index (χ1n) is 8.47. The molecule has 0 N–H and O–H groups in total. The quantitative estimate of drug-likeness (QED) is 0.845. The van der Waals surface area contributed by atoms with Crippen molar-refractivity contribution in [1.29, 1.82) is 0 Å². The molecular weight excluding hydrogens is 304 g/mol. The van der Waals surface area contributed by atoms with E-state index < -0.39 is 0 Å². The number of nitrogens with zero attached hydrogens (tertiary/aromatic N) is 4. The largest absolute Gasteiger partial charge is 0.478 e. The number of fused-ring (bicyclic) bond motifs is 1. The van der Waals surface area contributed by atoms with E-state index >= 15 is 0 Å². The molecule has 0 spiro atoms. The fraction of sp³-hybridized carbons (Fsp3) is 0.500. The molecule has 3 rings (SSSR count). The molecule has 6 heteroatoms. The Bertz CT molecular complexity index is 739. The molecule has 6 nitrogen and oxygen atoms in total. The van der Waals surface area contributed by atoms with Crippen LogP contribution in [0.3, 0.4) is 0 Å². The highest BCUT2D eigenvalue weighted by atomic mass is 16.5. The highest BCUT2D eigenvalue weighted by Gasteiger charge is 2.22. The minimum absolute atomic E-state index is 0.169. The lowest BCUT2D eigenvalue weighted by Crippen LogP contribution is -2.36. The molecule has 1 aliphatic heterocycles. The second-order valence-electron chi connectivity index (χ2n) is 6.15. The van der Waals surface area contributed by atoms with Crippen LogP contribution < -0.4 is 4.74 Å². The van der Waals surface area contributed by atoms with Crippen LogP contribution >= 0.6 is 0 Å². The summed E-state index contributed by atoms with van der Waals surface area (Å²) in [6.07, 6.45) is 1.25. The van der Waals surface area contributed by atoms with Gasteiger partial charge in [0.25, 0.3) is 0 Å². The van der Waals surface area contributed by atoms with E-state index in [9.17, 15) is 4.79 Å². The van der Waals surface area contributed by atoms with E-state index in [1.807, 2.05) is 48.6 Å². The number of hydrogen-bond acceptors (Lipinski definition) is 4. The third kappa shape index (κ3) is 3.58. The summed E-state index contributed by atoms with van der Waals surface area (Å²) in [5.74, 6) is 0.836. The predicted octanol–water partition coefficient (Wildman–Crippen LogP) is 2.27. The first-order chi connectivity index (χ1) is 11.6. The van der Waals surface area contributed by atoms with E-state index in [0.717, 1.165) is 29.1 Å². The van der Waals surface area contributed by atoms with Crippen molar-refractivity contribution < 1.29 is 9.53 Å². The number of hydrogen-bond donors (Lipinski definition) is 0. The molecule has 3 heterocycles. The average molecular weight is 328 g/mol. The van der Waals surface area contributed by atoms with Crippen LogP contribution in [0, 0.1) is 13.8 Å². The van der Waals surface area contributed by atoms with Crippen LogP contribution in [-0.2, 0) is 24.3 Å². The standard InChI is InChI=1S/C18H24N4O2/c1-4-24-17-6-5-15-12-21(9-7-16(15)19-17)18(23)8-10-22-14(3)11-13(2)20-22/h5-6,11H,4,7-10,12H2,1-3H3. The van der Waals surface area contributed by atoms with Crippen molar-refractivity contribution >= 4 is 5.91 Å².